The third-order valence-corrected chi connectivity index (χ3v) is 6.43. The van der Waals surface area contributed by atoms with Gasteiger partial charge < -0.3 is 9.47 Å². The molecule has 0 saturated carbocycles. The van der Waals surface area contributed by atoms with Crippen molar-refractivity contribution in [3.63, 3.8) is 0 Å². The molecular weight excluding hydrogens is 493 g/mol. The maximum absolute atomic E-state index is 14.7. The molecular formula is C30H35F3N2O3. The molecule has 0 aliphatic rings. The SMILES string of the molecule is CCCCCC(Oc1ccccc1-c1ncc(-c2ccc(OC(=O)C(C)(F)CC)cc2)cn1)C(F)C(C)F. The highest BCUT2D eigenvalue weighted by molar-refractivity contribution is 5.81. The van der Waals surface area contributed by atoms with Gasteiger partial charge in [-0.25, -0.2) is 27.9 Å². The Morgan fingerprint density at radius 1 is 0.974 bits per heavy atom. The number of hydrogen-bond donors (Lipinski definition) is 0. The molecule has 4 unspecified atom stereocenters. The van der Waals surface area contributed by atoms with Gasteiger partial charge in [0.05, 0.1) is 5.56 Å². The first-order chi connectivity index (χ1) is 18.2. The Morgan fingerprint density at radius 2 is 1.63 bits per heavy atom. The molecule has 0 fully saturated rings. The zero-order valence-corrected chi connectivity index (χ0v) is 22.3. The van der Waals surface area contributed by atoms with Gasteiger partial charge in [-0.1, -0.05) is 51.0 Å². The highest BCUT2D eigenvalue weighted by Gasteiger charge is 2.33. The lowest BCUT2D eigenvalue weighted by molar-refractivity contribution is -0.146. The normalized spacial score (nSPS) is 15.2. The molecule has 1 heterocycles. The monoisotopic (exact) mass is 528 g/mol. The number of ether oxygens (including phenoxy) is 2. The summed E-state index contributed by atoms with van der Waals surface area (Å²) in [6, 6.07) is 13.6. The summed E-state index contributed by atoms with van der Waals surface area (Å²) in [5.74, 6) is 0.0757. The van der Waals surface area contributed by atoms with Gasteiger partial charge in [0, 0.05) is 18.0 Å². The van der Waals surface area contributed by atoms with Crippen molar-refractivity contribution in [1.29, 1.82) is 0 Å². The predicted octanol–water partition coefficient (Wildman–Crippen LogP) is 7.88. The van der Waals surface area contributed by atoms with E-state index >= 15 is 0 Å². The molecule has 3 rings (SSSR count). The molecule has 204 valence electrons. The molecule has 5 nitrogen and oxygen atoms in total. The lowest BCUT2D eigenvalue weighted by atomic mass is 10.0. The summed E-state index contributed by atoms with van der Waals surface area (Å²) in [5, 5.41) is 0. The van der Waals surface area contributed by atoms with Crippen molar-refractivity contribution < 1.29 is 27.4 Å². The van der Waals surface area contributed by atoms with Gasteiger partial charge in [0.15, 0.2) is 12.0 Å². The average Bonchev–Trinajstić information content (AvgIpc) is 2.93. The molecule has 0 saturated heterocycles. The van der Waals surface area contributed by atoms with Crippen LogP contribution in [0.25, 0.3) is 22.5 Å². The summed E-state index contributed by atoms with van der Waals surface area (Å²) in [5.41, 5.74) is 0.00679. The van der Waals surface area contributed by atoms with E-state index in [0.717, 1.165) is 24.8 Å². The van der Waals surface area contributed by atoms with Crippen molar-refractivity contribution in [2.45, 2.75) is 83.9 Å². The van der Waals surface area contributed by atoms with Crippen LogP contribution in [-0.4, -0.2) is 40.1 Å². The minimum absolute atomic E-state index is 0.0185. The van der Waals surface area contributed by atoms with E-state index in [-0.39, 0.29) is 12.2 Å². The van der Waals surface area contributed by atoms with Gasteiger partial charge in [0.2, 0.25) is 5.67 Å². The van der Waals surface area contributed by atoms with E-state index in [1.807, 2.05) is 0 Å². The fourth-order valence-electron chi connectivity index (χ4n) is 3.78. The number of nitrogens with zero attached hydrogens (tertiary/aromatic N) is 2. The van der Waals surface area contributed by atoms with Crippen LogP contribution in [0.4, 0.5) is 13.2 Å². The van der Waals surface area contributed by atoms with Crippen LogP contribution >= 0.6 is 0 Å². The van der Waals surface area contributed by atoms with Crippen molar-refractivity contribution in [3.05, 3.63) is 60.9 Å². The quantitative estimate of drug-likeness (QED) is 0.128. The Hall–Kier alpha value is -3.42. The number of carbonyl (C=O) groups is 1. The lowest BCUT2D eigenvalue weighted by Crippen LogP contribution is -2.34. The topological polar surface area (TPSA) is 61.3 Å². The van der Waals surface area contributed by atoms with E-state index in [9.17, 15) is 18.0 Å². The number of halogens is 3. The van der Waals surface area contributed by atoms with E-state index in [4.69, 9.17) is 9.47 Å². The van der Waals surface area contributed by atoms with Crippen LogP contribution < -0.4 is 9.47 Å². The molecule has 38 heavy (non-hydrogen) atoms. The smallest absolute Gasteiger partial charge is 0.348 e. The van der Waals surface area contributed by atoms with Crippen LogP contribution in [0.2, 0.25) is 0 Å². The minimum atomic E-state index is -2.05. The Morgan fingerprint density at radius 3 is 2.24 bits per heavy atom. The average molecular weight is 529 g/mol. The maximum Gasteiger partial charge on any atom is 0.348 e. The zero-order valence-electron chi connectivity index (χ0n) is 22.3. The number of esters is 1. The van der Waals surface area contributed by atoms with Crippen LogP contribution in [0.15, 0.2) is 60.9 Å². The Kier molecular flexibility index (Phi) is 10.3. The predicted molar refractivity (Wildman–Crippen MR) is 142 cm³/mol. The summed E-state index contributed by atoms with van der Waals surface area (Å²) >= 11 is 0. The van der Waals surface area contributed by atoms with Gasteiger partial charge in [-0.05, 0) is 62.9 Å². The van der Waals surface area contributed by atoms with Crippen LogP contribution in [-0.2, 0) is 4.79 Å². The summed E-state index contributed by atoms with van der Waals surface area (Å²) in [7, 11) is 0. The molecule has 1 aromatic heterocycles. The van der Waals surface area contributed by atoms with Gasteiger partial charge in [-0.2, -0.15) is 0 Å². The minimum Gasteiger partial charge on any atom is -0.487 e. The van der Waals surface area contributed by atoms with Crippen LogP contribution in [0.3, 0.4) is 0 Å². The van der Waals surface area contributed by atoms with Crippen molar-refractivity contribution in [1.82, 2.24) is 9.97 Å². The first-order valence-electron chi connectivity index (χ1n) is 13.0. The van der Waals surface area contributed by atoms with Crippen LogP contribution in [0.5, 0.6) is 11.5 Å². The first kappa shape index (κ1) is 29.1. The zero-order chi connectivity index (χ0) is 27.7. The summed E-state index contributed by atoms with van der Waals surface area (Å²) < 4.78 is 53.8. The molecule has 0 spiro atoms. The standard InChI is InChI=1S/C30H35F3N2O3/c1-5-7-8-13-26(27(32)20(3)31)38-25-12-10-9-11-24(25)28-34-18-22(19-35-28)21-14-16-23(17-15-21)37-29(36)30(4,33)6-2/h9-12,14-20,26-27H,5-8,13H2,1-4H3. The number of benzene rings is 2. The molecule has 0 radical (unpaired) electrons. The lowest BCUT2D eigenvalue weighted by Gasteiger charge is -2.24. The molecule has 0 bridgehead atoms. The van der Waals surface area contributed by atoms with Gasteiger partial charge in [-0.3, -0.25) is 0 Å². The molecule has 0 aliphatic carbocycles. The Balaban J connectivity index is 1.77. The Labute approximate surface area is 222 Å². The van der Waals surface area contributed by atoms with E-state index in [0.29, 0.717) is 29.1 Å². The highest BCUT2D eigenvalue weighted by Crippen LogP contribution is 2.31. The second-order valence-corrected chi connectivity index (χ2v) is 9.53. The van der Waals surface area contributed by atoms with Gasteiger partial charge in [0.1, 0.15) is 23.8 Å². The van der Waals surface area contributed by atoms with Crippen LogP contribution in [0, 0.1) is 0 Å². The number of hydrogen-bond acceptors (Lipinski definition) is 5. The summed E-state index contributed by atoms with van der Waals surface area (Å²) in [6.07, 6.45) is 2.01. The van der Waals surface area contributed by atoms with Gasteiger partial charge in [-0.15, -0.1) is 0 Å². The molecule has 0 aliphatic heterocycles. The molecule has 0 N–H and O–H groups in total. The Bertz CT molecular complexity index is 1170. The van der Waals surface area contributed by atoms with E-state index in [1.54, 1.807) is 67.8 Å². The fourth-order valence-corrected chi connectivity index (χ4v) is 3.78. The summed E-state index contributed by atoms with van der Waals surface area (Å²) in [4.78, 5) is 20.9. The van der Waals surface area contributed by atoms with E-state index in [2.05, 4.69) is 16.9 Å². The van der Waals surface area contributed by atoms with Crippen molar-refractivity contribution in [2.24, 2.45) is 0 Å². The molecule has 8 heteroatoms. The number of para-hydroxylation sites is 1. The van der Waals surface area contributed by atoms with Gasteiger partial charge >= 0.3 is 5.97 Å². The van der Waals surface area contributed by atoms with Crippen molar-refractivity contribution in [3.8, 4) is 34.0 Å². The van der Waals surface area contributed by atoms with E-state index < -0.39 is 30.1 Å². The number of rotatable bonds is 13. The molecule has 4 atom stereocenters. The number of carbonyl (C=O) groups excluding carboxylic acids is 1. The second kappa shape index (κ2) is 13.4. The number of aromatic nitrogens is 2. The van der Waals surface area contributed by atoms with Crippen molar-refractivity contribution >= 4 is 5.97 Å². The van der Waals surface area contributed by atoms with Crippen LogP contribution in [0.1, 0.15) is 59.8 Å². The molecule has 2 aromatic carbocycles. The van der Waals surface area contributed by atoms with Crippen molar-refractivity contribution in [2.75, 3.05) is 0 Å². The molecule has 3 aromatic rings. The largest absolute Gasteiger partial charge is 0.487 e. The fraction of sp³-hybridized carbons (Fsp3) is 0.433. The maximum atomic E-state index is 14.7. The first-order valence-corrected chi connectivity index (χ1v) is 13.0. The van der Waals surface area contributed by atoms with Gasteiger partial charge in [0.25, 0.3) is 0 Å². The van der Waals surface area contributed by atoms with E-state index in [1.165, 1.54) is 13.8 Å². The highest BCUT2D eigenvalue weighted by atomic mass is 19.2. The molecule has 0 amide bonds. The number of unbranched alkanes of at least 4 members (excludes halogenated alkanes) is 2. The summed E-state index contributed by atoms with van der Waals surface area (Å²) in [6.45, 7) is 6.02. The number of alkyl halides is 3. The second-order valence-electron chi connectivity index (χ2n) is 9.53. The third kappa shape index (κ3) is 7.55. The third-order valence-electron chi connectivity index (χ3n) is 6.43.